The van der Waals surface area contributed by atoms with Crippen LogP contribution in [0.5, 0.6) is 0 Å². The maximum atomic E-state index is 11.9. The second kappa shape index (κ2) is 9.98. The molecule has 1 atom stereocenters. The minimum absolute atomic E-state index is 0. The lowest BCUT2D eigenvalue weighted by molar-refractivity contribution is -0.121. The summed E-state index contributed by atoms with van der Waals surface area (Å²) in [5.74, 6) is 0.571. The molecule has 1 aromatic carbocycles. The van der Waals surface area contributed by atoms with Crippen LogP contribution in [0.2, 0.25) is 0 Å². The lowest BCUT2D eigenvalue weighted by Gasteiger charge is -2.22. The maximum Gasteiger partial charge on any atom is 0.240 e. The Bertz CT molecular complexity index is 614. The first kappa shape index (κ1) is 20.9. The molecule has 6 nitrogen and oxygen atoms in total. The Morgan fingerprint density at radius 3 is 2.58 bits per heavy atom. The first-order valence-electron chi connectivity index (χ1n) is 8.01. The van der Waals surface area contributed by atoms with Gasteiger partial charge in [-0.3, -0.25) is 4.79 Å². The average molecular weight is 376 g/mol. The second-order valence-corrected chi connectivity index (χ2v) is 7.75. The van der Waals surface area contributed by atoms with Crippen LogP contribution in [-0.4, -0.2) is 41.0 Å². The van der Waals surface area contributed by atoms with Crippen molar-refractivity contribution >= 4 is 28.3 Å². The third-order valence-electron chi connectivity index (χ3n) is 4.13. The van der Waals surface area contributed by atoms with Crippen molar-refractivity contribution in [3.05, 3.63) is 29.8 Å². The molecule has 0 radical (unpaired) electrons. The van der Waals surface area contributed by atoms with Crippen LogP contribution >= 0.6 is 12.4 Å². The fraction of sp³-hybridized carbons (Fsp3) is 0.562. The standard InChI is InChI=1S/C16H25N3O3S.ClH/c1-17-23(21,22)15-7-4-13(5-8-15)6-9-16(20)19-12-14-3-2-10-18-11-14;/h4-5,7-8,14,17-18H,2-3,6,9-12H2,1H3,(H,19,20);1H. The number of aryl methyl sites for hydroxylation is 1. The fourth-order valence-corrected chi connectivity index (χ4v) is 3.39. The first-order chi connectivity index (χ1) is 11.0. The molecule has 0 bridgehead atoms. The lowest BCUT2D eigenvalue weighted by atomic mass is 10.00. The molecular formula is C16H26ClN3O3S. The van der Waals surface area contributed by atoms with Gasteiger partial charge < -0.3 is 10.6 Å². The number of carbonyl (C=O) groups is 1. The van der Waals surface area contributed by atoms with E-state index in [1.54, 1.807) is 24.3 Å². The van der Waals surface area contributed by atoms with Gasteiger partial charge >= 0.3 is 0 Å². The molecule has 1 unspecified atom stereocenters. The van der Waals surface area contributed by atoms with Crippen molar-refractivity contribution in [2.75, 3.05) is 26.7 Å². The van der Waals surface area contributed by atoms with Crippen molar-refractivity contribution in [2.24, 2.45) is 5.92 Å². The summed E-state index contributed by atoms with van der Waals surface area (Å²) in [5, 5.41) is 6.32. The zero-order valence-corrected chi connectivity index (χ0v) is 15.5. The van der Waals surface area contributed by atoms with Gasteiger partial charge in [-0.25, -0.2) is 13.1 Å². The van der Waals surface area contributed by atoms with E-state index in [9.17, 15) is 13.2 Å². The normalized spacial score (nSPS) is 17.8. The predicted molar refractivity (Wildman–Crippen MR) is 96.9 cm³/mol. The largest absolute Gasteiger partial charge is 0.356 e. The summed E-state index contributed by atoms with van der Waals surface area (Å²) in [4.78, 5) is 12.1. The number of hydrogen-bond donors (Lipinski definition) is 3. The molecule has 1 aromatic rings. The van der Waals surface area contributed by atoms with E-state index in [0.29, 0.717) is 18.8 Å². The van der Waals surface area contributed by atoms with E-state index >= 15 is 0 Å². The molecule has 1 aliphatic heterocycles. The number of benzene rings is 1. The molecule has 3 N–H and O–H groups in total. The molecule has 0 aliphatic carbocycles. The summed E-state index contributed by atoms with van der Waals surface area (Å²) in [6, 6.07) is 6.63. The van der Waals surface area contributed by atoms with E-state index < -0.39 is 10.0 Å². The number of nitrogens with one attached hydrogen (secondary N) is 3. The number of piperidine rings is 1. The molecule has 2 rings (SSSR count). The van der Waals surface area contributed by atoms with Gasteiger partial charge in [0.25, 0.3) is 0 Å². The Morgan fingerprint density at radius 1 is 1.29 bits per heavy atom. The Labute approximate surface area is 150 Å². The molecule has 0 aromatic heterocycles. The fourth-order valence-electron chi connectivity index (χ4n) is 2.66. The second-order valence-electron chi connectivity index (χ2n) is 5.87. The van der Waals surface area contributed by atoms with E-state index in [1.807, 2.05) is 0 Å². The highest BCUT2D eigenvalue weighted by molar-refractivity contribution is 7.89. The van der Waals surface area contributed by atoms with Crippen molar-refractivity contribution in [2.45, 2.75) is 30.6 Å². The molecule has 1 heterocycles. The van der Waals surface area contributed by atoms with Crippen molar-refractivity contribution < 1.29 is 13.2 Å². The maximum absolute atomic E-state index is 11.9. The molecular weight excluding hydrogens is 350 g/mol. The van der Waals surface area contributed by atoms with Crippen LogP contribution in [0.4, 0.5) is 0 Å². The Morgan fingerprint density at radius 2 is 2.00 bits per heavy atom. The summed E-state index contributed by atoms with van der Waals surface area (Å²) in [7, 11) is -2.02. The number of halogens is 1. The summed E-state index contributed by atoms with van der Waals surface area (Å²) >= 11 is 0. The summed E-state index contributed by atoms with van der Waals surface area (Å²) in [5.41, 5.74) is 0.953. The van der Waals surface area contributed by atoms with Gasteiger partial charge in [0, 0.05) is 13.0 Å². The van der Waals surface area contributed by atoms with Crippen molar-refractivity contribution in [1.29, 1.82) is 0 Å². The van der Waals surface area contributed by atoms with Gasteiger partial charge in [-0.1, -0.05) is 12.1 Å². The number of carbonyl (C=O) groups excluding carboxylic acids is 1. The van der Waals surface area contributed by atoms with Gasteiger partial charge in [0.05, 0.1) is 4.90 Å². The van der Waals surface area contributed by atoms with Gasteiger partial charge in [-0.15, -0.1) is 12.4 Å². The minimum atomic E-state index is -3.40. The van der Waals surface area contributed by atoms with Gasteiger partial charge in [-0.05, 0) is 63.0 Å². The smallest absolute Gasteiger partial charge is 0.240 e. The third kappa shape index (κ3) is 6.39. The molecule has 1 fully saturated rings. The lowest BCUT2D eigenvalue weighted by Crippen LogP contribution is -2.38. The van der Waals surface area contributed by atoms with Gasteiger partial charge in [0.1, 0.15) is 0 Å². The van der Waals surface area contributed by atoms with Crippen LogP contribution in [0.25, 0.3) is 0 Å². The van der Waals surface area contributed by atoms with E-state index in [-0.39, 0.29) is 23.2 Å². The molecule has 24 heavy (non-hydrogen) atoms. The van der Waals surface area contributed by atoms with E-state index in [0.717, 1.165) is 31.6 Å². The highest BCUT2D eigenvalue weighted by Crippen LogP contribution is 2.12. The summed E-state index contributed by atoms with van der Waals surface area (Å²) in [6.45, 7) is 2.77. The van der Waals surface area contributed by atoms with E-state index in [1.165, 1.54) is 13.5 Å². The van der Waals surface area contributed by atoms with Crippen LogP contribution in [0.1, 0.15) is 24.8 Å². The summed E-state index contributed by atoms with van der Waals surface area (Å²) in [6.07, 6.45) is 3.35. The average Bonchev–Trinajstić information content (AvgIpc) is 2.59. The van der Waals surface area contributed by atoms with Crippen LogP contribution in [-0.2, 0) is 21.2 Å². The monoisotopic (exact) mass is 375 g/mol. The molecule has 136 valence electrons. The number of rotatable bonds is 7. The Hall–Kier alpha value is -1.15. The van der Waals surface area contributed by atoms with Gasteiger partial charge in [0.15, 0.2) is 0 Å². The highest BCUT2D eigenvalue weighted by atomic mass is 35.5. The Balaban J connectivity index is 0.00000288. The van der Waals surface area contributed by atoms with Crippen molar-refractivity contribution in [1.82, 2.24) is 15.4 Å². The van der Waals surface area contributed by atoms with Crippen molar-refractivity contribution in [3.63, 3.8) is 0 Å². The molecule has 1 amide bonds. The first-order valence-corrected chi connectivity index (χ1v) is 9.49. The molecule has 0 saturated carbocycles. The quantitative estimate of drug-likeness (QED) is 0.665. The van der Waals surface area contributed by atoms with Crippen LogP contribution < -0.4 is 15.4 Å². The van der Waals surface area contributed by atoms with Crippen LogP contribution in [0.3, 0.4) is 0 Å². The Kier molecular flexibility index (Phi) is 8.69. The topological polar surface area (TPSA) is 87.3 Å². The molecule has 8 heteroatoms. The zero-order chi connectivity index (χ0) is 16.7. The van der Waals surface area contributed by atoms with E-state index in [2.05, 4.69) is 15.4 Å². The minimum Gasteiger partial charge on any atom is -0.356 e. The third-order valence-corrected chi connectivity index (χ3v) is 5.56. The SMILES string of the molecule is CNS(=O)(=O)c1ccc(CCC(=O)NCC2CCCNC2)cc1.Cl. The number of amides is 1. The van der Waals surface area contributed by atoms with Crippen molar-refractivity contribution in [3.8, 4) is 0 Å². The number of hydrogen-bond acceptors (Lipinski definition) is 4. The van der Waals surface area contributed by atoms with E-state index in [4.69, 9.17) is 0 Å². The summed E-state index contributed by atoms with van der Waals surface area (Å²) < 4.78 is 25.5. The molecule has 1 saturated heterocycles. The predicted octanol–water partition coefficient (Wildman–Crippen LogP) is 1.06. The van der Waals surface area contributed by atoms with Crippen LogP contribution in [0.15, 0.2) is 29.2 Å². The van der Waals surface area contributed by atoms with Crippen LogP contribution in [0, 0.1) is 5.92 Å². The molecule has 0 spiro atoms. The zero-order valence-electron chi connectivity index (χ0n) is 13.9. The molecule has 1 aliphatic rings. The van der Waals surface area contributed by atoms with Gasteiger partial charge in [0.2, 0.25) is 15.9 Å². The highest BCUT2D eigenvalue weighted by Gasteiger charge is 2.14. The van der Waals surface area contributed by atoms with Gasteiger partial charge in [-0.2, -0.15) is 0 Å². The number of sulfonamides is 1.